The monoisotopic (exact) mass is 362 g/mol. The van der Waals surface area contributed by atoms with E-state index in [1.807, 2.05) is 0 Å². The second kappa shape index (κ2) is 6.87. The van der Waals surface area contributed by atoms with Crippen LogP contribution in [0.3, 0.4) is 0 Å². The van der Waals surface area contributed by atoms with Crippen molar-refractivity contribution in [2.75, 3.05) is 10.6 Å². The number of aromatic nitrogens is 2. The number of nitrogens with zero attached hydrogens (tertiary/aromatic N) is 2. The third-order valence-corrected chi connectivity index (χ3v) is 3.37. The topological polar surface area (TPSA) is 80.0 Å². The number of pyridine rings is 1. The molecule has 3 rings (SSSR count). The summed E-state index contributed by atoms with van der Waals surface area (Å²) in [6, 6.07) is 7.63. The Morgan fingerprint density at radius 1 is 1.08 bits per heavy atom. The number of rotatable bonds is 4. The Morgan fingerprint density at radius 3 is 2.42 bits per heavy atom. The minimum absolute atomic E-state index is 0.252. The lowest BCUT2D eigenvalue weighted by Crippen LogP contribution is -2.12. The summed E-state index contributed by atoms with van der Waals surface area (Å²) in [4.78, 5) is 16.2. The lowest BCUT2D eigenvalue weighted by Gasteiger charge is -2.10. The lowest BCUT2D eigenvalue weighted by molar-refractivity contribution is -0.137. The van der Waals surface area contributed by atoms with E-state index in [0.29, 0.717) is 17.1 Å². The van der Waals surface area contributed by atoms with E-state index in [1.54, 1.807) is 13.0 Å². The summed E-state index contributed by atoms with van der Waals surface area (Å²) in [6.07, 6.45) is -1.58. The van der Waals surface area contributed by atoms with Gasteiger partial charge in [-0.2, -0.15) is 13.2 Å². The number of anilines is 3. The van der Waals surface area contributed by atoms with E-state index in [1.165, 1.54) is 30.6 Å². The van der Waals surface area contributed by atoms with Crippen molar-refractivity contribution in [1.29, 1.82) is 0 Å². The van der Waals surface area contributed by atoms with Crippen molar-refractivity contribution in [1.82, 2.24) is 10.1 Å². The van der Waals surface area contributed by atoms with E-state index in [0.717, 1.165) is 12.1 Å². The number of carbonyl (C=O) groups is 1. The van der Waals surface area contributed by atoms with Gasteiger partial charge in [-0.25, -0.2) is 0 Å². The molecule has 1 amide bonds. The predicted molar refractivity (Wildman–Crippen MR) is 88.2 cm³/mol. The number of benzene rings is 1. The number of halogens is 3. The van der Waals surface area contributed by atoms with Crippen molar-refractivity contribution < 1.29 is 22.5 Å². The Hall–Kier alpha value is -3.36. The molecule has 0 spiro atoms. The molecule has 3 aromatic rings. The maximum absolute atomic E-state index is 12.6. The fourth-order valence-corrected chi connectivity index (χ4v) is 2.16. The van der Waals surface area contributed by atoms with Crippen molar-refractivity contribution in [3.63, 3.8) is 0 Å². The molecule has 2 N–H and O–H groups in total. The highest BCUT2D eigenvalue weighted by Crippen LogP contribution is 2.30. The van der Waals surface area contributed by atoms with Gasteiger partial charge in [-0.05, 0) is 37.3 Å². The molecule has 1 aromatic carbocycles. The van der Waals surface area contributed by atoms with Crippen molar-refractivity contribution in [2.24, 2.45) is 0 Å². The number of carbonyl (C=O) groups excluding carboxylic acids is 1. The van der Waals surface area contributed by atoms with Gasteiger partial charge in [-0.3, -0.25) is 9.78 Å². The summed E-state index contributed by atoms with van der Waals surface area (Å²) in [5, 5.41) is 9.12. The molecule has 6 nitrogen and oxygen atoms in total. The van der Waals surface area contributed by atoms with Crippen LogP contribution in [0.2, 0.25) is 0 Å². The Labute approximate surface area is 146 Å². The van der Waals surface area contributed by atoms with Gasteiger partial charge in [0, 0.05) is 18.0 Å². The van der Waals surface area contributed by atoms with Crippen LogP contribution in [-0.4, -0.2) is 16.0 Å². The number of amides is 1. The van der Waals surface area contributed by atoms with Gasteiger partial charge < -0.3 is 15.2 Å². The average Bonchev–Trinajstić information content (AvgIpc) is 2.99. The fraction of sp³-hybridized carbons (Fsp3) is 0.118. The summed E-state index contributed by atoms with van der Waals surface area (Å²) in [5.41, 5.74) is 0.401. The largest absolute Gasteiger partial charge is 0.416 e. The summed E-state index contributed by atoms with van der Waals surface area (Å²) >= 11 is 0. The zero-order valence-corrected chi connectivity index (χ0v) is 13.5. The van der Waals surface area contributed by atoms with Gasteiger partial charge in [-0.1, -0.05) is 5.16 Å². The van der Waals surface area contributed by atoms with Gasteiger partial charge in [0.2, 0.25) is 0 Å². The molecule has 26 heavy (non-hydrogen) atoms. The molecular formula is C17H13F3N4O2. The molecule has 0 saturated heterocycles. The minimum atomic E-state index is -4.39. The molecule has 0 aliphatic heterocycles. The van der Waals surface area contributed by atoms with E-state index in [-0.39, 0.29) is 11.4 Å². The van der Waals surface area contributed by atoms with Crippen LogP contribution < -0.4 is 10.6 Å². The first-order valence-corrected chi connectivity index (χ1v) is 7.45. The smallest absolute Gasteiger partial charge is 0.360 e. The Balaban J connectivity index is 1.72. The van der Waals surface area contributed by atoms with Gasteiger partial charge in [0.05, 0.1) is 23.0 Å². The summed E-state index contributed by atoms with van der Waals surface area (Å²) < 4.78 is 42.6. The third kappa shape index (κ3) is 4.18. The van der Waals surface area contributed by atoms with E-state index in [9.17, 15) is 18.0 Å². The molecule has 0 saturated carbocycles. The first-order chi connectivity index (χ1) is 12.3. The van der Waals surface area contributed by atoms with Gasteiger partial charge in [-0.15, -0.1) is 0 Å². The molecule has 0 aliphatic carbocycles. The highest BCUT2D eigenvalue weighted by Gasteiger charge is 2.29. The molecule has 0 radical (unpaired) electrons. The Morgan fingerprint density at radius 2 is 1.81 bits per heavy atom. The fourth-order valence-electron chi connectivity index (χ4n) is 2.16. The SMILES string of the molecule is Cc1cc(NC(=O)c2cncc(Nc3ccc(C(F)(F)F)cc3)c2)no1. The van der Waals surface area contributed by atoms with Crippen LogP contribution in [0.1, 0.15) is 21.7 Å². The van der Waals surface area contributed by atoms with Crippen molar-refractivity contribution in [2.45, 2.75) is 13.1 Å². The summed E-state index contributed by atoms with van der Waals surface area (Å²) in [6.45, 7) is 1.69. The van der Waals surface area contributed by atoms with Crippen LogP contribution in [-0.2, 0) is 6.18 Å². The maximum Gasteiger partial charge on any atom is 0.416 e. The molecular weight excluding hydrogens is 349 g/mol. The van der Waals surface area contributed by atoms with Gasteiger partial charge in [0.25, 0.3) is 5.91 Å². The van der Waals surface area contributed by atoms with E-state index in [4.69, 9.17) is 4.52 Å². The first kappa shape index (κ1) is 17.5. The maximum atomic E-state index is 12.6. The third-order valence-electron chi connectivity index (χ3n) is 3.37. The van der Waals surface area contributed by atoms with Crippen LogP contribution in [0.15, 0.2) is 53.3 Å². The van der Waals surface area contributed by atoms with E-state index >= 15 is 0 Å². The van der Waals surface area contributed by atoms with Crippen molar-refractivity contribution >= 4 is 23.1 Å². The zero-order chi connectivity index (χ0) is 18.7. The van der Waals surface area contributed by atoms with Crippen molar-refractivity contribution in [3.05, 3.63) is 65.7 Å². The number of hydrogen-bond donors (Lipinski definition) is 2. The predicted octanol–water partition coefficient (Wildman–Crippen LogP) is 4.39. The lowest BCUT2D eigenvalue weighted by atomic mass is 10.2. The summed E-state index contributed by atoms with van der Waals surface area (Å²) in [7, 11) is 0. The van der Waals surface area contributed by atoms with Crippen LogP contribution >= 0.6 is 0 Å². The average molecular weight is 362 g/mol. The van der Waals surface area contributed by atoms with E-state index < -0.39 is 17.6 Å². The van der Waals surface area contributed by atoms with E-state index in [2.05, 4.69) is 20.8 Å². The van der Waals surface area contributed by atoms with Crippen LogP contribution in [0, 0.1) is 6.92 Å². The van der Waals surface area contributed by atoms with Crippen molar-refractivity contribution in [3.8, 4) is 0 Å². The van der Waals surface area contributed by atoms with Crippen LogP contribution in [0.4, 0.5) is 30.4 Å². The number of aryl methyl sites for hydroxylation is 1. The van der Waals surface area contributed by atoms with Gasteiger partial charge in [0.1, 0.15) is 5.76 Å². The standard InChI is InChI=1S/C17H13F3N4O2/c1-10-6-15(24-26-10)23-16(25)11-7-14(9-21-8-11)22-13-4-2-12(3-5-13)17(18,19)20/h2-9,22H,1H3,(H,23,24,25). The second-order valence-electron chi connectivity index (χ2n) is 5.44. The first-order valence-electron chi connectivity index (χ1n) is 7.45. The molecule has 0 atom stereocenters. The summed E-state index contributed by atoms with van der Waals surface area (Å²) in [5.74, 6) is 0.381. The molecule has 9 heteroatoms. The Bertz CT molecular complexity index is 920. The second-order valence-corrected chi connectivity index (χ2v) is 5.44. The normalized spacial score (nSPS) is 11.2. The van der Waals surface area contributed by atoms with Gasteiger partial charge in [0.15, 0.2) is 5.82 Å². The number of hydrogen-bond acceptors (Lipinski definition) is 5. The van der Waals surface area contributed by atoms with Gasteiger partial charge >= 0.3 is 6.18 Å². The molecule has 0 unspecified atom stereocenters. The quantitative estimate of drug-likeness (QED) is 0.719. The molecule has 2 aromatic heterocycles. The molecule has 0 fully saturated rings. The molecule has 2 heterocycles. The molecule has 0 aliphatic rings. The zero-order valence-electron chi connectivity index (χ0n) is 13.5. The number of nitrogens with one attached hydrogen (secondary N) is 2. The van der Waals surface area contributed by atoms with Crippen LogP contribution in [0.25, 0.3) is 0 Å². The molecule has 134 valence electrons. The minimum Gasteiger partial charge on any atom is -0.360 e. The molecule has 0 bridgehead atoms. The highest BCUT2D eigenvalue weighted by molar-refractivity contribution is 6.04. The Kier molecular flexibility index (Phi) is 4.61. The van der Waals surface area contributed by atoms with Crippen LogP contribution in [0.5, 0.6) is 0 Å². The number of alkyl halides is 3. The highest BCUT2D eigenvalue weighted by atomic mass is 19.4.